The van der Waals surface area contributed by atoms with Crippen LogP contribution in [-0.4, -0.2) is 24.6 Å². The molecule has 0 amide bonds. The molecule has 0 bridgehead atoms. The number of rotatable bonds is 7. The molecule has 0 radical (unpaired) electrons. The van der Waals surface area contributed by atoms with Crippen LogP contribution in [0.3, 0.4) is 0 Å². The van der Waals surface area contributed by atoms with Crippen LogP contribution in [-0.2, 0) is 6.42 Å². The zero-order valence-corrected chi connectivity index (χ0v) is 11.7. The summed E-state index contributed by atoms with van der Waals surface area (Å²) in [5.74, 6) is 1.73. The Hall–Kier alpha value is -0.540. The van der Waals surface area contributed by atoms with Crippen molar-refractivity contribution in [2.75, 3.05) is 18.6 Å². The van der Waals surface area contributed by atoms with E-state index in [4.69, 9.17) is 0 Å². The lowest BCUT2D eigenvalue weighted by atomic mass is 10.1. The molecule has 3 heteroatoms. The zero-order valence-electron chi connectivity index (χ0n) is 10.9. The molecule has 1 nitrogen and oxygen atoms in total. The molecule has 0 aliphatic heterocycles. The lowest BCUT2D eigenvalue weighted by molar-refractivity contribution is 0.479. The van der Waals surface area contributed by atoms with Gasteiger partial charge in [-0.25, -0.2) is 4.39 Å². The first-order chi connectivity index (χ1) is 8.13. The van der Waals surface area contributed by atoms with Crippen molar-refractivity contribution >= 4 is 11.8 Å². The SMILES string of the molecule is CSCC(C)CNC(C)Cc1ccccc1F. The van der Waals surface area contributed by atoms with Crippen molar-refractivity contribution in [1.82, 2.24) is 5.32 Å². The van der Waals surface area contributed by atoms with Gasteiger partial charge in [0.2, 0.25) is 0 Å². The Labute approximate surface area is 108 Å². The molecule has 1 rings (SSSR count). The van der Waals surface area contributed by atoms with Crippen LogP contribution >= 0.6 is 11.8 Å². The standard InChI is InChI=1S/C14H22FNS/c1-11(10-17-3)9-16-12(2)8-13-6-4-5-7-14(13)15/h4-7,11-12,16H,8-10H2,1-3H3. The molecule has 0 aromatic heterocycles. The normalized spacial score (nSPS) is 14.6. The summed E-state index contributed by atoms with van der Waals surface area (Å²) in [6.45, 7) is 5.34. The minimum Gasteiger partial charge on any atom is -0.314 e. The summed E-state index contributed by atoms with van der Waals surface area (Å²) < 4.78 is 13.4. The van der Waals surface area contributed by atoms with Gasteiger partial charge in [-0.15, -0.1) is 0 Å². The maximum atomic E-state index is 13.4. The lowest BCUT2D eigenvalue weighted by Crippen LogP contribution is -2.32. The van der Waals surface area contributed by atoms with Crippen molar-refractivity contribution < 1.29 is 4.39 Å². The van der Waals surface area contributed by atoms with Crippen LogP contribution in [0.5, 0.6) is 0 Å². The van der Waals surface area contributed by atoms with Gasteiger partial charge in [0, 0.05) is 6.04 Å². The predicted octanol–water partition coefficient (Wildman–Crippen LogP) is 3.35. The fraction of sp³-hybridized carbons (Fsp3) is 0.571. The van der Waals surface area contributed by atoms with Crippen molar-refractivity contribution in [3.63, 3.8) is 0 Å². The second-order valence-corrected chi connectivity index (χ2v) is 5.58. The van der Waals surface area contributed by atoms with E-state index in [9.17, 15) is 4.39 Å². The average molecular weight is 255 g/mol. The number of hydrogen-bond donors (Lipinski definition) is 1. The molecule has 17 heavy (non-hydrogen) atoms. The highest BCUT2D eigenvalue weighted by Gasteiger charge is 2.08. The Balaban J connectivity index is 2.34. The number of nitrogens with one attached hydrogen (secondary N) is 1. The summed E-state index contributed by atoms with van der Waals surface area (Å²) in [4.78, 5) is 0. The second-order valence-electron chi connectivity index (χ2n) is 4.67. The average Bonchev–Trinajstić information content (AvgIpc) is 2.30. The maximum Gasteiger partial charge on any atom is 0.126 e. The Bertz CT molecular complexity index is 330. The maximum absolute atomic E-state index is 13.4. The molecule has 0 fully saturated rings. The molecule has 1 N–H and O–H groups in total. The first-order valence-electron chi connectivity index (χ1n) is 6.09. The fourth-order valence-electron chi connectivity index (χ4n) is 1.81. The number of hydrogen-bond acceptors (Lipinski definition) is 2. The second kappa shape index (κ2) is 7.72. The third-order valence-electron chi connectivity index (χ3n) is 2.75. The van der Waals surface area contributed by atoms with Crippen LogP contribution in [0, 0.1) is 11.7 Å². The predicted molar refractivity (Wildman–Crippen MR) is 75.1 cm³/mol. The molecule has 0 spiro atoms. The van der Waals surface area contributed by atoms with E-state index in [1.807, 2.05) is 23.9 Å². The van der Waals surface area contributed by atoms with Gasteiger partial charge in [-0.3, -0.25) is 0 Å². The van der Waals surface area contributed by atoms with Gasteiger partial charge in [-0.05, 0) is 49.4 Å². The molecule has 1 aromatic carbocycles. The molecule has 0 saturated carbocycles. The fourth-order valence-corrected chi connectivity index (χ4v) is 2.50. The van der Waals surface area contributed by atoms with Crippen molar-refractivity contribution in [2.45, 2.75) is 26.3 Å². The first-order valence-corrected chi connectivity index (χ1v) is 7.48. The molecule has 2 unspecified atom stereocenters. The van der Waals surface area contributed by atoms with E-state index in [1.165, 1.54) is 11.8 Å². The minimum atomic E-state index is -0.0988. The van der Waals surface area contributed by atoms with E-state index in [0.29, 0.717) is 12.0 Å². The Morgan fingerprint density at radius 3 is 2.65 bits per heavy atom. The number of thioether (sulfide) groups is 1. The molecule has 0 saturated heterocycles. The van der Waals surface area contributed by atoms with Crippen molar-refractivity contribution in [3.05, 3.63) is 35.6 Å². The van der Waals surface area contributed by atoms with Crippen molar-refractivity contribution in [2.24, 2.45) is 5.92 Å². The first kappa shape index (κ1) is 14.5. The van der Waals surface area contributed by atoms with Gasteiger partial charge in [-0.1, -0.05) is 25.1 Å². The van der Waals surface area contributed by atoms with Crippen molar-refractivity contribution in [3.8, 4) is 0 Å². The van der Waals surface area contributed by atoms with Gasteiger partial charge in [0.1, 0.15) is 5.82 Å². The highest BCUT2D eigenvalue weighted by Crippen LogP contribution is 2.09. The highest BCUT2D eigenvalue weighted by atomic mass is 32.2. The van der Waals surface area contributed by atoms with Gasteiger partial charge in [-0.2, -0.15) is 11.8 Å². The summed E-state index contributed by atoms with van der Waals surface area (Å²) in [7, 11) is 0. The molecular weight excluding hydrogens is 233 g/mol. The number of benzene rings is 1. The summed E-state index contributed by atoms with van der Waals surface area (Å²) in [5.41, 5.74) is 0.796. The molecule has 0 aliphatic carbocycles. The summed E-state index contributed by atoms with van der Waals surface area (Å²) in [5, 5.41) is 3.46. The lowest BCUT2D eigenvalue weighted by Gasteiger charge is -2.17. The zero-order chi connectivity index (χ0) is 12.7. The Morgan fingerprint density at radius 2 is 2.00 bits per heavy atom. The van der Waals surface area contributed by atoms with Gasteiger partial charge >= 0.3 is 0 Å². The van der Waals surface area contributed by atoms with Gasteiger partial charge in [0.05, 0.1) is 0 Å². The molecule has 0 aliphatic rings. The Kier molecular flexibility index (Phi) is 6.60. The van der Waals surface area contributed by atoms with E-state index in [1.54, 1.807) is 6.07 Å². The van der Waals surface area contributed by atoms with Crippen LogP contribution in [0.25, 0.3) is 0 Å². The van der Waals surface area contributed by atoms with E-state index >= 15 is 0 Å². The molecular formula is C14H22FNS. The van der Waals surface area contributed by atoms with E-state index in [0.717, 1.165) is 18.5 Å². The Morgan fingerprint density at radius 1 is 1.29 bits per heavy atom. The largest absolute Gasteiger partial charge is 0.314 e. The highest BCUT2D eigenvalue weighted by molar-refractivity contribution is 7.98. The number of halogens is 1. The third-order valence-corrected chi connectivity index (χ3v) is 3.65. The smallest absolute Gasteiger partial charge is 0.126 e. The molecule has 96 valence electrons. The van der Waals surface area contributed by atoms with Crippen LogP contribution in [0.4, 0.5) is 4.39 Å². The van der Waals surface area contributed by atoms with Gasteiger partial charge in [0.25, 0.3) is 0 Å². The van der Waals surface area contributed by atoms with Crippen LogP contribution in [0.1, 0.15) is 19.4 Å². The summed E-state index contributed by atoms with van der Waals surface area (Å²) >= 11 is 1.87. The monoisotopic (exact) mass is 255 g/mol. The van der Waals surface area contributed by atoms with E-state index in [-0.39, 0.29) is 5.82 Å². The summed E-state index contributed by atoms with van der Waals surface area (Å²) in [6, 6.07) is 7.33. The van der Waals surface area contributed by atoms with Crippen molar-refractivity contribution in [1.29, 1.82) is 0 Å². The minimum absolute atomic E-state index is 0.0988. The van der Waals surface area contributed by atoms with Crippen LogP contribution < -0.4 is 5.32 Å². The molecule has 1 aromatic rings. The quantitative estimate of drug-likeness (QED) is 0.802. The molecule has 0 heterocycles. The summed E-state index contributed by atoms with van der Waals surface area (Å²) in [6.07, 6.45) is 2.87. The van der Waals surface area contributed by atoms with Gasteiger partial charge < -0.3 is 5.32 Å². The van der Waals surface area contributed by atoms with Gasteiger partial charge in [0.15, 0.2) is 0 Å². The van der Waals surface area contributed by atoms with Crippen LogP contribution in [0.2, 0.25) is 0 Å². The van der Waals surface area contributed by atoms with Crippen LogP contribution in [0.15, 0.2) is 24.3 Å². The topological polar surface area (TPSA) is 12.0 Å². The van der Waals surface area contributed by atoms with E-state index in [2.05, 4.69) is 25.4 Å². The third kappa shape index (κ3) is 5.55. The molecule has 2 atom stereocenters. The van der Waals surface area contributed by atoms with E-state index < -0.39 is 0 Å².